The van der Waals surface area contributed by atoms with Gasteiger partial charge in [0.15, 0.2) is 11.6 Å². The Morgan fingerprint density at radius 1 is 1.10 bits per heavy atom. The Morgan fingerprint density at radius 2 is 1.81 bits per heavy atom. The summed E-state index contributed by atoms with van der Waals surface area (Å²) in [7, 11) is 1.44. The zero-order chi connectivity index (χ0) is 22.2. The van der Waals surface area contributed by atoms with E-state index in [-0.39, 0.29) is 18.2 Å². The van der Waals surface area contributed by atoms with Gasteiger partial charge in [-0.05, 0) is 55.1 Å². The number of nitrogens with zero attached hydrogens (tertiary/aromatic N) is 3. The molecule has 31 heavy (non-hydrogen) atoms. The predicted octanol–water partition coefficient (Wildman–Crippen LogP) is 3.44. The Labute approximate surface area is 184 Å². The molecule has 6 nitrogen and oxygen atoms in total. The van der Waals surface area contributed by atoms with Crippen molar-refractivity contribution in [2.75, 3.05) is 63.1 Å². The lowest BCUT2D eigenvalue weighted by atomic mass is 10.2. The summed E-state index contributed by atoms with van der Waals surface area (Å²) in [6.07, 6.45) is 0. The molecule has 0 saturated carbocycles. The average molecular weight is 429 g/mol. The van der Waals surface area contributed by atoms with E-state index in [2.05, 4.69) is 34.2 Å². The lowest BCUT2D eigenvalue weighted by Crippen LogP contribution is -2.46. The van der Waals surface area contributed by atoms with Crippen LogP contribution in [-0.2, 0) is 11.3 Å². The zero-order valence-electron chi connectivity index (χ0n) is 18.7. The third-order valence-electron chi connectivity index (χ3n) is 5.77. The molecule has 7 heteroatoms. The highest BCUT2D eigenvalue weighted by Crippen LogP contribution is 2.20. The summed E-state index contributed by atoms with van der Waals surface area (Å²) < 4.78 is 18.9. The highest BCUT2D eigenvalue weighted by atomic mass is 19.1. The van der Waals surface area contributed by atoms with E-state index < -0.39 is 5.82 Å². The molecule has 3 rings (SSSR count). The second-order valence-corrected chi connectivity index (χ2v) is 7.79. The van der Waals surface area contributed by atoms with Crippen LogP contribution in [0.25, 0.3) is 0 Å². The van der Waals surface area contributed by atoms with Gasteiger partial charge in [-0.2, -0.15) is 0 Å². The molecule has 1 aliphatic heterocycles. The lowest BCUT2D eigenvalue weighted by molar-refractivity contribution is -0.117. The number of anilines is 2. The van der Waals surface area contributed by atoms with Gasteiger partial charge in [0.1, 0.15) is 0 Å². The SMILES string of the molecule is CCN1CCN(c2ccc(NC(=O)CN(CC)Cc3ccc(OC)c(F)c3)cc2)CC1. The van der Waals surface area contributed by atoms with Crippen molar-refractivity contribution < 1.29 is 13.9 Å². The van der Waals surface area contributed by atoms with Crippen molar-refractivity contribution in [1.82, 2.24) is 9.80 Å². The standard InChI is InChI=1S/C24H33FN4O2/c1-4-27-12-14-29(15-13-27)21-9-7-20(8-10-21)26-24(30)18-28(5-2)17-19-6-11-23(31-3)22(25)16-19/h6-11,16H,4-5,12-15,17-18H2,1-3H3,(H,26,30). The van der Waals surface area contributed by atoms with Crippen LogP contribution in [0.15, 0.2) is 42.5 Å². The Bertz CT molecular complexity index is 851. The first-order valence-electron chi connectivity index (χ1n) is 10.9. The molecule has 0 spiro atoms. The summed E-state index contributed by atoms with van der Waals surface area (Å²) in [5.74, 6) is -0.253. The quantitative estimate of drug-likeness (QED) is 0.663. The number of hydrogen-bond acceptors (Lipinski definition) is 5. The molecule has 0 unspecified atom stereocenters. The number of benzene rings is 2. The molecule has 1 heterocycles. The van der Waals surface area contributed by atoms with Crippen molar-refractivity contribution >= 4 is 17.3 Å². The van der Waals surface area contributed by atoms with Crippen molar-refractivity contribution in [3.05, 3.63) is 53.8 Å². The maximum atomic E-state index is 13.9. The van der Waals surface area contributed by atoms with E-state index in [9.17, 15) is 9.18 Å². The minimum atomic E-state index is -0.392. The third kappa shape index (κ3) is 6.42. The number of likely N-dealkylation sites (N-methyl/N-ethyl adjacent to an activating group) is 2. The number of carbonyl (C=O) groups is 1. The number of hydrogen-bond donors (Lipinski definition) is 1. The number of ether oxygens (including phenoxy) is 1. The van der Waals surface area contributed by atoms with Gasteiger partial charge >= 0.3 is 0 Å². The number of amides is 1. The van der Waals surface area contributed by atoms with Crippen LogP contribution in [0.3, 0.4) is 0 Å². The Balaban J connectivity index is 1.51. The number of carbonyl (C=O) groups excluding carboxylic acids is 1. The normalized spacial score (nSPS) is 14.7. The predicted molar refractivity (Wildman–Crippen MR) is 123 cm³/mol. The summed E-state index contributed by atoms with van der Waals surface area (Å²) in [5.41, 5.74) is 2.78. The van der Waals surface area contributed by atoms with E-state index in [0.29, 0.717) is 13.1 Å². The zero-order valence-corrected chi connectivity index (χ0v) is 18.7. The minimum Gasteiger partial charge on any atom is -0.494 e. The summed E-state index contributed by atoms with van der Waals surface area (Å²) >= 11 is 0. The molecule has 2 aromatic carbocycles. The molecule has 0 radical (unpaired) electrons. The molecule has 1 saturated heterocycles. The number of halogens is 1. The van der Waals surface area contributed by atoms with Crippen LogP contribution >= 0.6 is 0 Å². The van der Waals surface area contributed by atoms with Gasteiger partial charge in [-0.15, -0.1) is 0 Å². The molecule has 168 valence electrons. The molecule has 1 amide bonds. The third-order valence-corrected chi connectivity index (χ3v) is 5.77. The van der Waals surface area contributed by atoms with Crippen molar-refractivity contribution in [3.63, 3.8) is 0 Å². The number of rotatable bonds is 9. The topological polar surface area (TPSA) is 48.0 Å². The average Bonchev–Trinajstić information content (AvgIpc) is 2.79. The minimum absolute atomic E-state index is 0.0832. The van der Waals surface area contributed by atoms with Crippen LogP contribution in [0.2, 0.25) is 0 Å². The Kier molecular flexibility index (Phi) is 8.26. The lowest BCUT2D eigenvalue weighted by Gasteiger charge is -2.35. The van der Waals surface area contributed by atoms with Gasteiger partial charge in [0.25, 0.3) is 0 Å². The monoisotopic (exact) mass is 428 g/mol. The van der Waals surface area contributed by atoms with Crippen molar-refractivity contribution in [2.24, 2.45) is 0 Å². The van der Waals surface area contributed by atoms with Gasteiger partial charge in [0.05, 0.1) is 13.7 Å². The molecule has 1 N–H and O–H groups in total. The van der Waals surface area contributed by atoms with E-state index in [1.807, 2.05) is 30.0 Å². The number of piperazine rings is 1. The van der Waals surface area contributed by atoms with Crippen molar-refractivity contribution in [1.29, 1.82) is 0 Å². The molecule has 0 aromatic heterocycles. The van der Waals surface area contributed by atoms with Crippen LogP contribution < -0.4 is 15.0 Å². The molecule has 2 aromatic rings. The van der Waals surface area contributed by atoms with Crippen molar-refractivity contribution in [2.45, 2.75) is 20.4 Å². The largest absolute Gasteiger partial charge is 0.494 e. The van der Waals surface area contributed by atoms with Gasteiger partial charge in [-0.3, -0.25) is 9.69 Å². The van der Waals surface area contributed by atoms with E-state index in [1.54, 1.807) is 6.07 Å². The smallest absolute Gasteiger partial charge is 0.238 e. The van der Waals surface area contributed by atoms with Gasteiger partial charge in [0, 0.05) is 44.1 Å². The molecule has 1 fully saturated rings. The van der Waals surface area contributed by atoms with Gasteiger partial charge in [0.2, 0.25) is 5.91 Å². The fourth-order valence-electron chi connectivity index (χ4n) is 3.83. The maximum absolute atomic E-state index is 13.9. The fourth-order valence-corrected chi connectivity index (χ4v) is 3.83. The number of nitrogens with one attached hydrogen (secondary N) is 1. The molecular weight excluding hydrogens is 395 g/mol. The highest BCUT2D eigenvalue weighted by Gasteiger charge is 2.16. The summed E-state index contributed by atoms with van der Waals surface area (Å²) in [6.45, 7) is 10.9. The summed E-state index contributed by atoms with van der Waals surface area (Å²) in [5, 5.41) is 2.97. The Hall–Kier alpha value is -2.64. The summed E-state index contributed by atoms with van der Waals surface area (Å²) in [4.78, 5) is 19.3. The summed E-state index contributed by atoms with van der Waals surface area (Å²) in [6, 6.07) is 12.9. The highest BCUT2D eigenvalue weighted by molar-refractivity contribution is 5.92. The number of methoxy groups -OCH3 is 1. The molecule has 0 aliphatic carbocycles. The van der Waals surface area contributed by atoms with E-state index in [4.69, 9.17) is 4.74 Å². The maximum Gasteiger partial charge on any atom is 0.238 e. The first-order chi connectivity index (χ1) is 15.0. The first-order valence-corrected chi connectivity index (χ1v) is 10.9. The van der Waals surface area contributed by atoms with Crippen LogP contribution in [0.4, 0.5) is 15.8 Å². The molecule has 0 atom stereocenters. The van der Waals surface area contributed by atoms with Crippen LogP contribution in [-0.4, -0.2) is 68.6 Å². The van der Waals surface area contributed by atoms with Crippen LogP contribution in [0.1, 0.15) is 19.4 Å². The first kappa shape index (κ1) is 23.0. The van der Waals surface area contributed by atoms with Gasteiger partial charge in [-0.25, -0.2) is 4.39 Å². The van der Waals surface area contributed by atoms with Crippen molar-refractivity contribution in [3.8, 4) is 5.75 Å². The van der Waals surface area contributed by atoms with Gasteiger partial charge < -0.3 is 19.9 Å². The van der Waals surface area contributed by atoms with E-state index >= 15 is 0 Å². The fraction of sp³-hybridized carbons (Fsp3) is 0.458. The molecule has 0 bridgehead atoms. The van der Waals surface area contributed by atoms with E-state index in [1.165, 1.54) is 18.9 Å². The van der Waals surface area contributed by atoms with E-state index in [0.717, 1.165) is 44.0 Å². The van der Waals surface area contributed by atoms with Gasteiger partial charge in [-0.1, -0.05) is 19.9 Å². The molecule has 1 aliphatic rings. The Morgan fingerprint density at radius 3 is 2.39 bits per heavy atom. The second kappa shape index (κ2) is 11.1. The molecular formula is C24H33FN4O2. The van der Waals surface area contributed by atoms with Crippen LogP contribution in [0, 0.1) is 5.82 Å². The second-order valence-electron chi connectivity index (χ2n) is 7.79. The van der Waals surface area contributed by atoms with Crippen LogP contribution in [0.5, 0.6) is 5.75 Å².